The minimum absolute atomic E-state index is 0.0358. The van der Waals surface area contributed by atoms with Gasteiger partial charge in [-0.2, -0.15) is 0 Å². The summed E-state index contributed by atoms with van der Waals surface area (Å²) < 4.78 is 2.29. The number of nitrogens with one attached hydrogen (secondary N) is 1. The number of hydrogen-bond donors (Lipinski definition) is 1. The van der Waals surface area contributed by atoms with Crippen molar-refractivity contribution in [2.75, 3.05) is 16.8 Å². The Morgan fingerprint density at radius 1 is 1.09 bits per heavy atom. The molecule has 1 aliphatic rings. The van der Waals surface area contributed by atoms with Crippen molar-refractivity contribution in [1.82, 2.24) is 14.1 Å². The first kappa shape index (κ1) is 23.4. The van der Waals surface area contributed by atoms with Gasteiger partial charge in [-0.05, 0) is 48.6 Å². The molecule has 178 valence electrons. The number of aromatic nitrogens is 3. The van der Waals surface area contributed by atoms with Gasteiger partial charge >= 0.3 is 5.69 Å². The average Bonchev–Trinajstić information content (AvgIpc) is 3.19. The van der Waals surface area contributed by atoms with E-state index in [1.54, 1.807) is 11.1 Å². The highest BCUT2D eigenvalue weighted by molar-refractivity contribution is 6.06. The fourth-order valence-electron chi connectivity index (χ4n) is 4.37. The van der Waals surface area contributed by atoms with Gasteiger partial charge in [-0.3, -0.25) is 23.5 Å². The molecular formula is C25H29N5O4. The van der Waals surface area contributed by atoms with Gasteiger partial charge in [0.05, 0.1) is 11.6 Å². The molecule has 9 heteroatoms. The summed E-state index contributed by atoms with van der Waals surface area (Å²) in [5.74, 6) is -1.07. The van der Waals surface area contributed by atoms with Crippen LogP contribution in [0.2, 0.25) is 0 Å². The minimum Gasteiger partial charge on any atom is -0.325 e. The molecule has 0 aliphatic carbocycles. The molecule has 2 aromatic heterocycles. The third-order valence-corrected chi connectivity index (χ3v) is 6.67. The van der Waals surface area contributed by atoms with Crippen molar-refractivity contribution >= 4 is 34.2 Å². The zero-order valence-electron chi connectivity index (χ0n) is 20.3. The maximum Gasteiger partial charge on any atom is 0.332 e. The fraction of sp³-hybridized carbons (Fsp3) is 0.400. The molecule has 4 rings (SSSR count). The molecule has 1 aromatic carbocycles. The Kier molecular flexibility index (Phi) is 5.89. The minimum atomic E-state index is -0.575. The lowest BCUT2D eigenvalue weighted by atomic mass is 10.0. The van der Waals surface area contributed by atoms with Crippen molar-refractivity contribution in [1.29, 1.82) is 0 Å². The summed E-state index contributed by atoms with van der Waals surface area (Å²) in [5, 5.41) is 3.10. The highest BCUT2D eigenvalue weighted by Gasteiger charge is 2.36. The van der Waals surface area contributed by atoms with E-state index >= 15 is 0 Å². The lowest BCUT2D eigenvalue weighted by Gasteiger charge is -2.20. The Morgan fingerprint density at radius 3 is 2.44 bits per heavy atom. The molecule has 0 bridgehead atoms. The summed E-state index contributed by atoms with van der Waals surface area (Å²) in [6.45, 7) is 8.12. The van der Waals surface area contributed by atoms with Gasteiger partial charge in [0.2, 0.25) is 11.8 Å². The quantitative estimate of drug-likeness (QED) is 0.639. The standard InChI is InChI=1S/C25H29N5O4/c1-13(2)18-11-26-22-20(24(33)29(6)25(34)28(22)5)21(18)27-23(32)16-10-19(31)30(12-16)17-8-7-14(3)15(4)9-17/h7-9,11,13,16H,10,12H2,1-6H3,(H,26,27,32). The van der Waals surface area contributed by atoms with Crippen molar-refractivity contribution in [2.24, 2.45) is 20.0 Å². The zero-order valence-corrected chi connectivity index (χ0v) is 20.3. The average molecular weight is 464 g/mol. The van der Waals surface area contributed by atoms with Crippen LogP contribution in [-0.2, 0) is 23.7 Å². The van der Waals surface area contributed by atoms with E-state index in [-0.39, 0.29) is 41.7 Å². The number of carbonyl (C=O) groups is 2. The Hall–Kier alpha value is -3.75. The SMILES string of the molecule is Cc1ccc(N2CC(C(=O)Nc3c(C(C)C)cnc4c3c(=O)n(C)c(=O)n4C)CC2=O)cc1C. The first-order chi connectivity index (χ1) is 16.0. The summed E-state index contributed by atoms with van der Waals surface area (Å²) in [6, 6.07) is 5.80. The molecule has 2 amide bonds. The summed E-state index contributed by atoms with van der Waals surface area (Å²) >= 11 is 0. The van der Waals surface area contributed by atoms with E-state index in [1.807, 2.05) is 45.9 Å². The molecule has 3 heterocycles. The zero-order chi connectivity index (χ0) is 24.9. The molecule has 0 saturated carbocycles. The van der Waals surface area contributed by atoms with Crippen LogP contribution >= 0.6 is 0 Å². The van der Waals surface area contributed by atoms with Gasteiger partial charge < -0.3 is 10.2 Å². The molecular weight excluding hydrogens is 434 g/mol. The molecule has 1 saturated heterocycles. The Bertz CT molecular complexity index is 1450. The lowest BCUT2D eigenvalue weighted by Crippen LogP contribution is -2.38. The molecule has 0 radical (unpaired) electrons. The maximum atomic E-state index is 13.3. The van der Waals surface area contributed by atoms with Crippen molar-refractivity contribution in [3.05, 3.63) is 61.9 Å². The van der Waals surface area contributed by atoms with Crippen LogP contribution in [0.3, 0.4) is 0 Å². The number of rotatable bonds is 4. The number of amides is 2. The molecule has 1 aliphatic heterocycles. The molecule has 1 atom stereocenters. The third-order valence-electron chi connectivity index (χ3n) is 6.67. The van der Waals surface area contributed by atoms with Gasteiger partial charge in [0.1, 0.15) is 5.39 Å². The van der Waals surface area contributed by atoms with E-state index in [9.17, 15) is 19.2 Å². The predicted molar refractivity (Wildman–Crippen MR) is 131 cm³/mol. The van der Waals surface area contributed by atoms with E-state index in [1.165, 1.54) is 18.7 Å². The maximum absolute atomic E-state index is 13.3. The first-order valence-corrected chi connectivity index (χ1v) is 11.3. The van der Waals surface area contributed by atoms with Gasteiger partial charge in [-0.1, -0.05) is 19.9 Å². The molecule has 1 unspecified atom stereocenters. The highest BCUT2D eigenvalue weighted by atomic mass is 16.2. The molecule has 0 spiro atoms. The van der Waals surface area contributed by atoms with E-state index in [4.69, 9.17) is 0 Å². The van der Waals surface area contributed by atoms with E-state index in [0.717, 1.165) is 21.4 Å². The van der Waals surface area contributed by atoms with Crippen LogP contribution in [0.15, 0.2) is 34.0 Å². The number of fused-ring (bicyclic) bond motifs is 1. The van der Waals surface area contributed by atoms with E-state index in [2.05, 4.69) is 10.3 Å². The van der Waals surface area contributed by atoms with Crippen LogP contribution in [0.1, 0.15) is 42.9 Å². The Labute approximate surface area is 197 Å². The second-order valence-electron chi connectivity index (χ2n) is 9.31. The third kappa shape index (κ3) is 3.81. The van der Waals surface area contributed by atoms with Crippen LogP contribution in [0.5, 0.6) is 0 Å². The number of aryl methyl sites for hydroxylation is 3. The van der Waals surface area contributed by atoms with Crippen molar-refractivity contribution in [3.63, 3.8) is 0 Å². The van der Waals surface area contributed by atoms with Crippen LogP contribution < -0.4 is 21.5 Å². The van der Waals surface area contributed by atoms with Crippen molar-refractivity contribution in [3.8, 4) is 0 Å². The van der Waals surface area contributed by atoms with Crippen LogP contribution in [0, 0.1) is 19.8 Å². The van der Waals surface area contributed by atoms with Crippen molar-refractivity contribution in [2.45, 2.75) is 40.0 Å². The first-order valence-electron chi connectivity index (χ1n) is 11.3. The lowest BCUT2D eigenvalue weighted by molar-refractivity contribution is -0.122. The summed E-state index contributed by atoms with van der Waals surface area (Å²) in [4.78, 5) is 57.5. The fourth-order valence-corrected chi connectivity index (χ4v) is 4.37. The van der Waals surface area contributed by atoms with Gasteiger partial charge in [0.25, 0.3) is 5.56 Å². The topological polar surface area (TPSA) is 106 Å². The number of carbonyl (C=O) groups excluding carboxylic acids is 2. The molecule has 34 heavy (non-hydrogen) atoms. The molecule has 9 nitrogen and oxygen atoms in total. The Morgan fingerprint density at radius 2 is 1.79 bits per heavy atom. The summed E-state index contributed by atoms with van der Waals surface area (Å²) in [7, 11) is 2.93. The highest BCUT2D eigenvalue weighted by Crippen LogP contribution is 2.31. The van der Waals surface area contributed by atoms with Crippen LogP contribution in [-0.4, -0.2) is 32.5 Å². The largest absolute Gasteiger partial charge is 0.332 e. The van der Waals surface area contributed by atoms with Gasteiger partial charge in [-0.15, -0.1) is 0 Å². The number of pyridine rings is 1. The van der Waals surface area contributed by atoms with E-state index in [0.29, 0.717) is 11.3 Å². The second kappa shape index (κ2) is 8.55. The normalized spacial score (nSPS) is 16.0. The van der Waals surface area contributed by atoms with Crippen LogP contribution in [0.4, 0.5) is 11.4 Å². The molecule has 1 N–H and O–H groups in total. The summed E-state index contributed by atoms with van der Waals surface area (Å²) in [6.07, 6.45) is 1.66. The van der Waals surface area contributed by atoms with Crippen LogP contribution in [0.25, 0.3) is 11.0 Å². The molecule has 3 aromatic rings. The van der Waals surface area contributed by atoms with Gasteiger partial charge in [0, 0.05) is 38.9 Å². The predicted octanol–water partition coefficient (Wildman–Crippen LogP) is 2.36. The number of benzene rings is 1. The van der Waals surface area contributed by atoms with E-state index < -0.39 is 17.2 Å². The monoisotopic (exact) mass is 463 g/mol. The second-order valence-corrected chi connectivity index (χ2v) is 9.31. The number of nitrogens with zero attached hydrogens (tertiary/aromatic N) is 4. The van der Waals surface area contributed by atoms with Gasteiger partial charge in [-0.25, -0.2) is 9.78 Å². The van der Waals surface area contributed by atoms with Crippen molar-refractivity contribution < 1.29 is 9.59 Å². The number of hydrogen-bond acceptors (Lipinski definition) is 5. The smallest absolute Gasteiger partial charge is 0.325 e. The summed E-state index contributed by atoms with van der Waals surface area (Å²) in [5.41, 5.74) is 3.19. The number of anilines is 2. The van der Waals surface area contributed by atoms with Gasteiger partial charge in [0.15, 0.2) is 5.65 Å². The molecule has 1 fully saturated rings. The Balaban J connectivity index is 1.72.